The van der Waals surface area contributed by atoms with E-state index in [4.69, 9.17) is 0 Å². The second-order valence-electron chi connectivity index (χ2n) is 11.6. The van der Waals surface area contributed by atoms with Crippen LogP contribution in [0.4, 0.5) is 10.7 Å². The molecule has 1 heterocycles. The van der Waals surface area contributed by atoms with Crippen molar-refractivity contribution in [2.45, 2.75) is 17.1 Å². The molecule has 3 N–H and O–H groups in total. The molecule has 1 atom stereocenters. The Balaban J connectivity index is 1.24. The van der Waals surface area contributed by atoms with Gasteiger partial charge in [0.15, 0.2) is 0 Å². The summed E-state index contributed by atoms with van der Waals surface area (Å²) in [5.74, 6) is -1.23. The van der Waals surface area contributed by atoms with Gasteiger partial charge in [-0.1, -0.05) is 112 Å². The lowest BCUT2D eigenvalue weighted by Crippen LogP contribution is -2.30. The number of rotatable bonds is 11. The summed E-state index contributed by atoms with van der Waals surface area (Å²) in [6, 6.07) is 42.8. The van der Waals surface area contributed by atoms with Gasteiger partial charge in [0.05, 0.1) is 5.56 Å². The Morgan fingerprint density at radius 2 is 1.54 bits per heavy atom. The molecule has 10 heteroatoms. The van der Waals surface area contributed by atoms with Gasteiger partial charge in [0.25, 0.3) is 11.8 Å². The van der Waals surface area contributed by atoms with Crippen molar-refractivity contribution >= 4 is 73.5 Å². The number of nitriles is 1. The summed E-state index contributed by atoms with van der Waals surface area (Å²) >= 11 is 6.09. The number of halogens is 1. The van der Waals surface area contributed by atoms with Gasteiger partial charge in [0, 0.05) is 31.6 Å². The predicted octanol–water partition coefficient (Wildman–Crippen LogP) is 10.2. The number of hydrogen-bond acceptors (Lipinski definition) is 6. The summed E-state index contributed by atoms with van der Waals surface area (Å²) < 4.78 is 0.826. The predicted molar refractivity (Wildman–Crippen MR) is 214 cm³/mol. The zero-order valence-electron chi connectivity index (χ0n) is 27.8. The average molecular weight is 784 g/mol. The van der Waals surface area contributed by atoms with Crippen LogP contribution in [0.2, 0.25) is 0 Å². The fourth-order valence-electron chi connectivity index (χ4n) is 5.27. The third kappa shape index (κ3) is 9.13. The standard InChI is InChI=1S/C42H31BrN4O3S2/c1-27-18-20-29(21-19-27)36-26-51-42(35(36)25-44)47-41(50)38(30-11-4-2-5-12-30)52-34-17-9-16-33(24-34)45-40(49)37(23-28-10-8-15-32(43)22-28)46-39(48)31-13-6-3-7-14-31/h2-24,26,38H,1H3,(H,45,49)(H,46,48)(H,47,50)/b37-23+. The molecule has 52 heavy (non-hydrogen) atoms. The lowest BCUT2D eigenvalue weighted by Gasteiger charge is -2.17. The smallest absolute Gasteiger partial charge is 0.272 e. The van der Waals surface area contributed by atoms with Crippen LogP contribution in [-0.4, -0.2) is 17.7 Å². The summed E-state index contributed by atoms with van der Waals surface area (Å²) in [7, 11) is 0. The Kier molecular flexibility index (Phi) is 11.8. The highest BCUT2D eigenvalue weighted by Crippen LogP contribution is 2.40. The van der Waals surface area contributed by atoms with E-state index in [9.17, 15) is 19.6 Å². The van der Waals surface area contributed by atoms with Crippen molar-refractivity contribution in [3.8, 4) is 17.2 Å². The zero-order chi connectivity index (χ0) is 36.5. The molecule has 0 saturated carbocycles. The minimum absolute atomic E-state index is 0.0563. The first-order chi connectivity index (χ1) is 25.3. The van der Waals surface area contributed by atoms with Crippen molar-refractivity contribution in [2.24, 2.45) is 0 Å². The molecule has 1 unspecified atom stereocenters. The molecule has 0 aliphatic heterocycles. The molecule has 0 aliphatic carbocycles. The summed E-state index contributed by atoms with van der Waals surface area (Å²) in [5, 5.41) is 20.5. The molecule has 7 nitrogen and oxygen atoms in total. The van der Waals surface area contributed by atoms with Crippen molar-refractivity contribution < 1.29 is 14.4 Å². The Morgan fingerprint density at radius 3 is 2.25 bits per heavy atom. The molecule has 6 aromatic rings. The maximum Gasteiger partial charge on any atom is 0.272 e. The van der Waals surface area contributed by atoms with E-state index < -0.39 is 17.1 Å². The van der Waals surface area contributed by atoms with E-state index in [1.165, 1.54) is 23.1 Å². The van der Waals surface area contributed by atoms with Crippen molar-refractivity contribution in [3.63, 3.8) is 0 Å². The van der Waals surface area contributed by atoms with Crippen LogP contribution < -0.4 is 16.0 Å². The van der Waals surface area contributed by atoms with Crippen LogP contribution in [0, 0.1) is 18.3 Å². The monoisotopic (exact) mass is 782 g/mol. The average Bonchev–Trinajstić information content (AvgIpc) is 3.56. The highest BCUT2D eigenvalue weighted by Gasteiger charge is 2.25. The number of anilines is 2. The molecular weight excluding hydrogens is 753 g/mol. The third-order valence-corrected chi connectivity index (χ3v) is 10.5. The number of carbonyl (C=O) groups excluding carboxylic acids is 3. The molecule has 1 aromatic heterocycles. The summed E-state index contributed by atoms with van der Waals surface area (Å²) in [6.07, 6.45) is 1.61. The Morgan fingerprint density at radius 1 is 0.827 bits per heavy atom. The van der Waals surface area contributed by atoms with E-state index in [0.717, 1.165) is 31.6 Å². The largest absolute Gasteiger partial charge is 0.321 e. The molecular formula is C42H31BrN4O3S2. The normalized spacial score (nSPS) is 11.6. The maximum atomic E-state index is 14.0. The van der Waals surface area contributed by atoms with Gasteiger partial charge >= 0.3 is 0 Å². The maximum absolute atomic E-state index is 14.0. The van der Waals surface area contributed by atoms with E-state index in [2.05, 4.69) is 37.9 Å². The first-order valence-electron chi connectivity index (χ1n) is 16.1. The number of nitrogens with zero attached hydrogens (tertiary/aromatic N) is 1. The van der Waals surface area contributed by atoms with Crippen molar-refractivity contribution in [1.82, 2.24) is 5.32 Å². The van der Waals surface area contributed by atoms with Crippen LogP contribution in [0.15, 0.2) is 154 Å². The highest BCUT2D eigenvalue weighted by atomic mass is 79.9. The molecule has 256 valence electrons. The van der Waals surface area contributed by atoms with Crippen LogP contribution in [-0.2, 0) is 9.59 Å². The fourth-order valence-corrected chi connectivity index (χ4v) is 7.69. The van der Waals surface area contributed by atoms with Gasteiger partial charge < -0.3 is 16.0 Å². The van der Waals surface area contributed by atoms with Gasteiger partial charge in [0.1, 0.15) is 22.0 Å². The van der Waals surface area contributed by atoms with Crippen LogP contribution in [0.3, 0.4) is 0 Å². The van der Waals surface area contributed by atoms with Crippen LogP contribution in [0.1, 0.15) is 37.9 Å². The Labute approximate surface area is 318 Å². The van der Waals surface area contributed by atoms with Crippen LogP contribution in [0.5, 0.6) is 0 Å². The third-order valence-electron chi connectivity index (χ3n) is 7.88. The number of carbonyl (C=O) groups is 3. The van der Waals surface area contributed by atoms with Crippen LogP contribution >= 0.6 is 39.0 Å². The molecule has 0 aliphatic rings. The number of thioether (sulfide) groups is 1. The Hall–Kier alpha value is -5.73. The van der Waals surface area contributed by atoms with Crippen molar-refractivity contribution in [1.29, 1.82) is 5.26 Å². The van der Waals surface area contributed by atoms with E-state index in [0.29, 0.717) is 27.4 Å². The fraction of sp³-hybridized carbons (Fsp3) is 0.0476. The van der Waals surface area contributed by atoms with E-state index in [1.54, 1.807) is 48.5 Å². The molecule has 0 bridgehead atoms. The second kappa shape index (κ2) is 17.0. The van der Waals surface area contributed by atoms with Crippen molar-refractivity contribution in [2.75, 3.05) is 10.6 Å². The number of thiophene rings is 1. The van der Waals surface area contributed by atoms with Gasteiger partial charge in [-0.05, 0) is 72.2 Å². The molecule has 3 amide bonds. The first kappa shape index (κ1) is 36.1. The number of aryl methyl sites for hydroxylation is 1. The topological polar surface area (TPSA) is 111 Å². The van der Waals surface area contributed by atoms with Gasteiger partial charge in [0.2, 0.25) is 5.91 Å². The molecule has 0 radical (unpaired) electrons. The second-order valence-corrected chi connectivity index (χ2v) is 14.6. The number of benzene rings is 5. The Bertz CT molecular complexity index is 2300. The SMILES string of the molecule is Cc1ccc(-c2csc(NC(=O)C(Sc3cccc(NC(=O)/C(=C\c4cccc(Br)c4)NC(=O)c4ccccc4)c3)c3ccccc3)c2C#N)cc1. The lowest BCUT2D eigenvalue weighted by molar-refractivity contribution is -0.116. The minimum atomic E-state index is -0.680. The van der Waals surface area contributed by atoms with Gasteiger partial charge in [-0.2, -0.15) is 5.26 Å². The summed E-state index contributed by atoms with van der Waals surface area (Å²) in [5.41, 5.74) is 5.63. The minimum Gasteiger partial charge on any atom is -0.321 e. The highest BCUT2D eigenvalue weighted by molar-refractivity contribution is 9.10. The van der Waals surface area contributed by atoms with Crippen molar-refractivity contribution in [3.05, 3.63) is 177 Å². The van der Waals surface area contributed by atoms with E-state index >= 15 is 0 Å². The number of hydrogen-bond donors (Lipinski definition) is 3. The van der Waals surface area contributed by atoms with Gasteiger partial charge in [-0.25, -0.2) is 0 Å². The zero-order valence-corrected chi connectivity index (χ0v) is 31.0. The molecule has 0 spiro atoms. The first-order valence-corrected chi connectivity index (χ1v) is 18.7. The molecule has 5 aromatic carbocycles. The number of amides is 3. The van der Waals surface area contributed by atoms with Gasteiger partial charge in [-0.15, -0.1) is 23.1 Å². The summed E-state index contributed by atoms with van der Waals surface area (Å²) in [6.45, 7) is 2.01. The molecule has 0 saturated heterocycles. The van der Waals surface area contributed by atoms with Gasteiger partial charge in [-0.3, -0.25) is 14.4 Å². The quantitative estimate of drug-likeness (QED) is 0.0895. The van der Waals surface area contributed by atoms with E-state index in [-0.39, 0.29) is 11.6 Å². The van der Waals surface area contributed by atoms with E-state index in [1.807, 2.05) is 103 Å². The van der Waals surface area contributed by atoms with Crippen LogP contribution in [0.25, 0.3) is 17.2 Å². The number of nitrogens with one attached hydrogen (secondary N) is 3. The lowest BCUT2D eigenvalue weighted by atomic mass is 10.0. The molecule has 6 rings (SSSR count). The molecule has 0 fully saturated rings. The summed E-state index contributed by atoms with van der Waals surface area (Å²) in [4.78, 5) is 41.5.